The van der Waals surface area contributed by atoms with Crippen molar-refractivity contribution in [1.82, 2.24) is 10.2 Å². The lowest BCUT2D eigenvalue weighted by atomic mass is 9.99. The molecule has 1 aromatic rings. The van der Waals surface area contributed by atoms with Gasteiger partial charge in [0.25, 0.3) is 0 Å². The molecule has 4 nitrogen and oxygen atoms in total. The fourth-order valence-electron chi connectivity index (χ4n) is 2.53. The average Bonchev–Trinajstić information content (AvgIpc) is 2.52. The maximum Gasteiger partial charge on any atom is 0.410 e. The number of carbonyl (C=O) groups is 1. The second-order valence-electron chi connectivity index (χ2n) is 5.29. The zero-order valence-electron chi connectivity index (χ0n) is 12.2. The molecule has 1 aliphatic rings. The van der Waals surface area contributed by atoms with Crippen LogP contribution in [-0.2, 0) is 11.3 Å². The molecule has 110 valence electrons. The van der Waals surface area contributed by atoms with Crippen molar-refractivity contribution in [2.45, 2.75) is 26.4 Å². The Morgan fingerprint density at radius 2 is 2.20 bits per heavy atom. The van der Waals surface area contributed by atoms with Crippen LogP contribution in [0.2, 0.25) is 0 Å². The Hall–Kier alpha value is -1.55. The zero-order chi connectivity index (χ0) is 14.2. The molecule has 0 aromatic heterocycles. The van der Waals surface area contributed by atoms with Crippen molar-refractivity contribution in [2.24, 2.45) is 5.92 Å². The summed E-state index contributed by atoms with van der Waals surface area (Å²) in [4.78, 5) is 13.9. The molecular formula is C16H24N2O2. The first-order valence-electron chi connectivity index (χ1n) is 7.46. The lowest BCUT2D eigenvalue weighted by Gasteiger charge is -2.28. The van der Waals surface area contributed by atoms with Crippen molar-refractivity contribution < 1.29 is 9.53 Å². The largest absolute Gasteiger partial charge is 0.445 e. The van der Waals surface area contributed by atoms with E-state index in [1.807, 2.05) is 37.3 Å². The number of benzene rings is 1. The quantitative estimate of drug-likeness (QED) is 0.899. The number of rotatable bonds is 5. The third kappa shape index (κ3) is 4.53. The smallest absolute Gasteiger partial charge is 0.410 e. The predicted octanol–water partition coefficient (Wildman–Crippen LogP) is 2.64. The highest BCUT2D eigenvalue weighted by Gasteiger charge is 2.20. The predicted molar refractivity (Wildman–Crippen MR) is 79.5 cm³/mol. The third-order valence-corrected chi connectivity index (χ3v) is 3.72. The van der Waals surface area contributed by atoms with E-state index in [-0.39, 0.29) is 6.09 Å². The summed E-state index contributed by atoms with van der Waals surface area (Å²) in [5, 5.41) is 3.38. The lowest BCUT2D eigenvalue weighted by molar-refractivity contribution is 0.0902. The maximum absolute atomic E-state index is 12.1. The average molecular weight is 276 g/mol. The van der Waals surface area contributed by atoms with Crippen LogP contribution in [0.5, 0.6) is 0 Å². The summed E-state index contributed by atoms with van der Waals surface area (Å²) >= 11 is 0. The van der Waals surface area contributed by atoms with Crippen molar-refractivity contribution in [3.05, 3.63) is 35.9 Å². The van der Waals surface area contributed by atoms with E-state index < -0.39 is 0 Å². The molecular weight excluding hydrogens is 252 g/mol. The molecule has 20 heavy (non-hydrogen) atoms. The molecule has 1 heterocycles. The van der Waals surface area contributed by atoms with E-state index in [4.69, 9.17) is 4.74 Å². The normalized spacial score (nSPS) is 18.6. The van der Waals surface area contributed by atoms with Crippen LogP contribution in [0.4, 0.5) is 4.79 Å². The lowest BCUT2D eigenvalue weighted by Crippen LogP contribution is -2.41. The van der Waals surface area contributed by atoms with Gasteiger partial charge >= 0.3 is 6.09 Å². The molecule has 4 heteroatoms. The van der Waals surface area contributed by atoms with E-state index in [2.05, 4.69) is 5.32 Å². The highest BCUT2D eigenvalue weighted by molar-refractivity contribution is 5.67. The standard InChI is InChI=1S/C16H24N2O2/c1-2-18(12-15-9-6-10-17-11-15)16(19)20-13-14-7-4-3-5-8-14/h3-5,7-8,15,17H,2,6,9-13H2,1H3/t15-/m1/s1. The van der Waals surface area contributed by atoms with E-state index in [1.54, 1.807) is 4.90 Å². The Kier molecular flexibility index (Phi) is 5.87. The van der Waals surface area contributed by atoms with Gasteiger partial charge in [0.05, 0.1) is 0 Å². The Morgan fingerprint density at radius 1 is 1.40 bits per heavy atom. The minimum atomic E-state index is -0.207. The Labute approximate surface area is 121 Å². The second kappa shape index (κ2) is 7.90. The molecule has 1 fully saturated rings. The molecule has 1 aromatic carbocycles. The van der Waals surface area contributed by atoms with E-state index in [1.165, 1.54) is 12.8 Å². The van der Waals surface area contributed by atoms with Crippen LogP contribution in [0.15, 0.2) is 30.3 Å². The number of piperidine rings is 1. The second-order valence-corrected chi connectivity index (χ2v) is 5.29. The van der Waals surface area contributed by atoms with Crippen molar-refractivity contribution in [1.29, 1.82) is 0 Å². The molecule has 0 bridgehead atoms. The van der Waals surface area contributed by atoms with Crippen molar-refractivity contribution in [3.8, 4) is 0 Å². The van der Waals surface area contributed by atoms with Crippen molar-refractivity contribution in [3.63, 3.8) is 0 Å². The molecule has 1 atom stereocenters. The summed E-state index contributed by atoms with van der Waals surface area (Å²) in [7, 11) is 0. The summed E-state index contributed by atoms with van der Waals surface area (Å²) in [5.74, 6) is 0.549. The first kappa shape index (κ1) is 14.9. The molecule has 1 N–H and O–H groups in total. The van der Waals surface area contributed by atoms with Gasteiger partial charge in [0.15, 0.2) is 0 Å². The Morgan fingerprint density at radius 3 is 2.85 bits per heavy atom. The number of nitrogens with one attached hydrogen (secondary N) is 1. The van der Waals surface area contributed by atoms with Crippen molar-refractivity contribution >= 4 is 6.09 Å². The summed E-state index contributed by atoms with van der Waals surface area (Å²) in [6.45, 7) is 5.93. The first-order valence-corrected chi connectivity index (χ1v) is 7.46. The fraction of sp³-hybridized carbons (Fsp3) is 0.562. The minimum Gasteiger partial charge on any atom is -0.445 e. The number of hydrogen-bond acceptors (Lipinski definition) is 3. The van der Waals surface area contributed by atoms with Gasteiger partial charge in [0, 0.05) is 13.1 Å². The van der Waals surface area contributed by atoms with Crippen LogP contribution >= 0.6 is 0 Å². The molecule has 0 unspecified atom stereocenters. The monoisotopic (exact) mass is 276 g/mol. The SMILES string of the molecule is CCN(C[C@@H]1CCCNC1)C(=O)OCc1ccccc1. The van der Waals surface area contributed by atoms with Gasteiger partial charge in [-0.15, -0.1) is 0 Å². The molecule has 0 spiro atoms. The van der Waals surface area contributed by atoms with E-state index >= 15 is 0 Å². The molecule has 0 aliphatic carbocycles. The van der Waals surface area contributed by atoms with E-state index in [0.717, 1.165) is 25.2 Å². The van der Waals surface area contributed by atoms with Gasteiger partial charge in [-0.2, -0.15) is 0 Å². The van der Waals surface area contributed by atoms with Crippen molar-refractivity contribution in [2.75, 3.05) is 26.2 Å². The summed E-state index contributed by atoms with van der Waals surface area (Å²) in [6, 6.07) is 9.80. The molecule has 1 saturated heterocycles. The van der Waals surface area contributed by atoms with Gasteiger partial charge in [-0.25, -0.2) is 4.79 Å². The first-order chi connectivity index (χ1) is 9.79. The van der Waals surface area contributed by atoms with Gasteiger partial charge in [-0.3, -0.25) is 0 Å². The molecule has 0 saturated carbocycles. The van der Waals surface area contributed by atoms with Crippen LogP contribution in [0.3, 0.4) is 0 Å². The number of nitrogens with zero attached hydrogens (tertiary/aromatic N) is 1. The van der Waals surface area contributed by atoms with E-state index in [0.29, 0.717) is 19.1 Å². The molecule has 2 rings (SSSR count). The Bertz CT molecular complexity index is 402. The van der Waals surface area contributed by atoms with Crippen LogP contribution < -0.4 is 5.32 Å². The summed E-state index contributed by atoms with van der Waals surface area (Å²) < 4.78 is 5.39. The van der Waals surface area contributed by atoms with Crippen LogP contribution in [-0.4, -0.2) is 37.2 Å². The molecule has 1 amide bonds. The zero-order valence-corrected chi connectivity index (χ0v) is 12.2. The fourth-order valence-corrected chi connectivity index (χ4v) is 2.53. The molecule has 0 radical (unpaired) electrons. The van der Waals surface area contributed by atoms with Gasteiger partial charge < -0.3 is 15.0 Å². The van der Waals surface area contributed by atoms with Gasteiger partial charge in [0.2, 0.25) is 0 Å². The molecule has 1 aliphatic heterocycles. The number of carbonyl (C=O) groups excluding carboxylic acids is 1. The number of ether oxygens (including phenoxy) is 1. The summed E-state index contributed by atoms with van der Waals surface area (Å²) in [6.07, 6.45) is 2.18. The highest BCUT2D eigenvalue weighted by Crippen LogP contribution is 2.13. The third-order valence-electron chi connectivity index (χ3n) is 3.72. The maximum atomic E-state index is 12.1. The minimum absolute atomic E-state index is 0.207. The van der Waals surface area contributed by atoms with Gasteiger partial charge in [-0.05, 0) is 44.3 Å². The number of hydrogen-bond donors (Lipinski definition) is 1. The highest BCUT2D eigenvalue weighted by atomic mass is 16.6. The van der Waals surface area contributed by atoms with E-state index in [9.17, 15) is 4.79 Å². The number of amides is 1. The van der Waals surface area contributed by atoms with Crippen LogP contribution in [0, 0.1) is 5.92 Å². The van der Waals surface area contributed by atoms with Crippen LogP contribution in [0.25, 0.3) is 0 Å². The summed E-state index contributed by atoms with van der Waals surface area (Å²) in [5.41, 5.74) is 1.02. The Balaban J connectivity index is 1.79. The van der Waals surface area contributed by atoms with Crippen LogP contribution in [0.1, 0.15) is 25.3 Å². The van der Waals surface area contributed by atoms with Gasteiger partial charge in [-0.1, -0.05) is 30.3 Å². The van der Waals surface area contributed by atoms with Gasteiger partial charge in [0.1, 0.15) is 6.61 Å². The topological polar surface area (TPSA) is 41.6 Å².